The third-order valence-corrected chi connectivity index (χ3v) is 5.97. The van der Waals surface area contributed by atoms with Gasteiger partial charge in [-0.05, 0) is 30.1 Å². The minimum absolute atomic E-state index is 0.872. The molecule has 0 spiro atoms. The predicted molar refractivity (Wildman–Crippen MR) is 44.0 cm³/mol. The Bertz CT molecular complexity index is 148. The summed E-state index contributed by atoms with van der Waals surface area (Å²) >= 11 is 7.53. The Kier molecular flexibility index (Phi) is 0.885. The lowest BCUT2D eigenvalue weighted by atomic mass is 10.1. The first-order valence-electron chi connectivity index (χ1n) is 3.59. The monoisotopic (exact) mass is 250 g/mol. The zero-order chi connectivity index (χ0) is 6.17. The van der Waals surface area contributed by atoms with Crippen molar-refractivity contribution in [3.63, 3.8) is 0 Å². The summed E-state index contributed by atoms with van der Waals surface area (Å²) in [5, 5.41) is 0. The maximum Gasteiger partial charge on any atom is 0.0219 e. The first kappa shape index (κ1) is 5.59. The highest BCUT2D eigenvalue weighted by Gasteiger charge is 2.72. The van der Waals surface area contributed by atoms with E-state index < -0.39 is 0 Å². The Labute approximate surface area is 71.6 Å². The third kappa shape index (κ3) is 0.453. The molecule has 0 N–H and O–H groups in total. The van der Waals surface area contributed by atoms with E-state index in [1.54, 1.807) is 0 Å². The molecule has 0 aromatic heterocycles. The quantitative estimate of drug-likeness (QED) is 0.580. The maximum atomic E-state index is 3.76. The van der Waals surface area contributed by atoms with Gasteiger partial charge in [-0.1, -0.05) is 31.9 Å². The average Bonchev–Trinajstić information content (AvgIpc) is 2.18. The molecule has 4 fully saturated rings. The fraction of sp³-hybridized carbons (Fsp3) is 1.00. The smallest absolute Gasteiger partial charge is 0.0219 e. The Morgan fingerprint density at radius 1 is 0.889 bits per heavy atom. The van der Waals surface area contributed by atoms with E-state index in [0.717, 1.165) is 33.3 Å². The second-order valence-electron chi connectivity index (χ2n) is 3.61. The van der Waals surface area contributed by atoms with Gasteiger partial charge in [0.1, 0.15) is 0 Å². The third-order valence-electron chi connectivity index (χ3n) is 3.39. The number of alkyl halides is 2. The van der Waals surface area contributed by atoms with Crippen LogP contribution < -0.4 is 0 Å². The molecule has 4 aliphatic carbocycles. The Balaban J connectivity index is 2.07. The van der Waals surface area contributed by atoms with Crippen LogP contribution in [0, 0.1) is 23.7 Å². The summed E-state index contributed by atoms with van der Waals surface area (Å²) in [4.78, 5) is 1.74. The summed E-state index contributed by atoms with van der Waals surface area (Å²) in [7, 11) is 0. The molecule has 4 saturated carbocycles. The van der Waals surface area contributed by atoms with E-state index in [2.05, 4.69) is 31.9 Å². The van der Waals surface area contributed by atoms with Crippen molar-refractivity contribution in [2.24, 2.45) is 23.7 Å². The predicted octanol–water partition coefficient (Wildman–Crippen LogP) is 2.41. The summed E-state index contributed by atoms with van der Waals surface area (Å²) in [6.07, 6.45) is 1.50. The van der Waals surface area contributed by atoms with E-state index in [1.807, 2.05) is 0 Å². The van der Waals surface area contributed by atoms with Gasteiger partial charge in [-0.3, -0.25) is 0 Å². The Hall–Kier alpha value is 0.960. The van der Waals surface area contributed by atoms with Crippen LogP contribution in [0.5, 0.6) is 0 Å². The molecule has 0 heterocycles. The van der Waals surface area contributed by atoms with Gasteiger partial charge in [-0.15, -0.1) is 0 Å². The van der Waals surface area contributed by atoms with Crippen LogP contribution in [-0.2, 0) is 0 Å². The van der Waals surface area contributed by atoms with Gasteiger partial charge in [-0.25, -0.2) is 0 Å². The van der Waals surface area contributed by atoms with E-state index in [1.165, 1.54) is 6.42 Å². The molecule has 4 bridgehead atoms. The highest BCUT2D eigenvalue weighted by Crippen LogP contribution is 2.74. The van der Waals surface area contributed by atoms with Crippen molar-refractivity contribution in [2.75, 3.05) is 0 Å². The number of hydrogen-bond donors (Lipinski definition) is 0. The number of halogens is 2. The molecular formula is C7H8Br2. The average molecular weight is 252 g/mol. The van der Waals surface area contributed by atoms with Gasteiger partial charge in [0.15, 0.2) is 0 Å². The van der Waals surface area contributed by atoms with Crippen molar-refractivity contribution >= 4 is 31.9 Å². The molecule has 0 aliphatic heterocycles. The molecule has 0 nitrogen and oxygen atoms in total. The van der Waals surface area contributed by atoms with E-state index in [0.29, 0.717) is 0 Å². The molecule has 2 heteroatoms. The number of rotatable bonds is 0. The van der Waals surface area contributed by atoms with Crippen LogP contribution in [0.1, 0.15) is 6.42 Å². The summed E-state index contributed by atoms with van der Waals surface area (Å²) in [6, 6.07) is 0. The molecular weight excluding hydrogens is 244 g/mol. The standard InChI is InChI=1S/C7H8Br2/c8-6-3-1-2-4(6)5(2)7(3)9/h2-7H,1H2/t2?,3?,4?,5?,6-,7-/m1/s1. The largest absolute Gasteiger partial charge is 0.0884 e. The Morgan fingerprint density at radius 3 is 1.56 bits per heavy atom. The van der Waals surface area contributed by atoms with Crippen LogP contribution in [-0.4, -0.2) is 9.65 Å². The first-order valence-corrected chi connectivity index (χ1v) is 5.42. The Morgan fingerprint density at radius 2 is 1.44 bits per heavy atom. The summed E-state index contributed by atoms with van der Waals surface area (Å²) in [5.74, 6) is 4.23. The van der Waals surface area contributed by atoms with Crippen LogP contribution in [0.15, 0.2) is 0 Å². The topological polar surface area (TPSA) is 0 Å². The lowest BCUT2D eigenvalue weighted by molar-refractivity contribution is 0.638. The van der Waals surface area contributed by atoms with Gasteiger partial charge in [0.05, 0.1) is 0 Å². The molecule has 4 rings (SSSR count). The minimum atomic E-state index is 0.872. The summed E-state index contributed by atoms with van der Waals surface area (Å²) in [6.45, 7) is 0. The van der Waals surface area contributed by atoms with Crippen LogP contribution in [0.3, 0.4) is 0 Å². The molecule has 9 heavy (non-hydrogen) atoms. The highest BCUT2D eigenvalue weighted by atomic mass is 79.9. The first-order chi connectivity index (χ1) is 4.30. The van der Waals surface area contributed by atoms with Gasteiger partial charge in [0.25, 0.3) is 0 Å². The van der Waals surface area contributed by atoms with Crippen LogP contribution in [0.2, 0.25) is 0 Å². The van der Waals surface area contributed by atoms with E-state index in [4.69, 9.17) is 0 Å². The summed E-state index contributed by atoms with van der Waals surface area (Å²) in [5.41, 5.74) is 0. The molecule has 0 saturated heterocycles. The lowest BCUT2D eigenvalue weighted by Gasteiger charge is -2.08. The lowest BCUT2D eigenvalue weighted by Crippen LogP contribution is -2.09. The molecule has 4 aliphatic rings. The molecule has 0 amide bonds. The molecule has 0 aromatic rings. The maximum absolute atomic E-state index is 3.76. The fourth-order valence-electron chi connectivity index (χ4n) is 2.96. The van der Waals surface area contributed by atoms with Crippen molar-refractivity contribution in [2.45, 2.75) is 16.1 Å². The van der Waals surface area contributed by atoms with Crippen LogP contribution >= 0.6 is 31.9 Å². The van der Waals surface area contributed by atoms with Gasteiger partial charge >= 0.3 is 0 Å². The van der Waals surface area contributed by atoms with Gasteiger partial charge in [0.2, 0.25) is 0 Å². The van der Waals surface area contributed by atoms with Crippen molar-refractivity contribution in [1.29, 1.82) is 0 Å². The zero-order valence-electron chi connectivity index (χ0n) is 4.93. The van der Waals surface area contributed by atoms with Crippen molar-refractivity contribution in [3.05, 3.63) is 0 Å². The molecule has 2 unspecified atom stereocenters. The molecule has 0 aromatic carbocycles. The molecule has 4 atom stereocenters. The van der Waals surface area contributed by atoms with Gasteiger partial charge in [-0.2, -0.15) is 0 Å². The summed E-state index contributed by atoms with van der Waals surface area (Å²) < 4.78 is 0. The van der Waals surface area contributed by atoms with Crippen LogP contribution in [0.25, 0.3) is 0 Å². The van der Waals surface area contributed by atoms with Gasteiger partial charge < -0.3 is 0 Å². The van der Waals surface area contributed by atoms with Gasteiger partial charge in [0, 0.05) is 9.65 Å². The second-order valence-corrected chi connectivity index (χ2v) is 5.72. The van der Waals surface area contributed by atoms with Crippen molar-refractivity contribution in [1.82, 2.24) is 0 Å². The van der Waals surface area contributed by atoms with Crippen LogP contribution in [0.4, 0.5) is 0 Å². The van der Waals surface area contributed by atoms with Crippen molar-refractivity contribution in [3.8, 4) is 0 Å². The molecule has 0 radical (unpaired) electrons. The van der Waals surface area contributed by atoms with E-state index >= 15 is 0 Å². The molecule has 50 valence electrons. The second kappa shape index (κ2) is 1.42. The SMILES string of the molecule is Br[C@H]1C2C3CC1[C@@H](Br)C32. The normalized spacial score (nSPS) is 75.3. The van der Waals surface area contributed by atoms with E-state index in [-0.39, 0.29) is 0 Å². The fourth-order valence-corrected chi connectivity index (χ4v) is 5.95. The van der Waals surface area contributed by atoms with Crippen molar-refractivity contribution < 1.29 is 0 Å². The number of hydrogen-bond acceptors (Lipinski definition) is 0. The highest BCUT2D eigenvalue weighted by molar-refractivity contribution is 9.10. The van der Waals surface area contributed by atoms with E-state index in [9.17, 15) is 0 Å². The minimum Gasteiger partial charge on any atom is -0.0884 e. The zero-order valence-corrected chi connectivity index (χ0v) is 8.10.